The van der Waals surface area contributed by atoms with Crippen LogP contribution in [0, 0.1) is 23.2 Å². The number of hydrogen-bond acceptors (Lipinski definition) is 2. The number of halogens is 1. The zero-order valence-corrected chi connectivity index (χ0v) is 11.6. The van der Waals surface area contributed by atoms with E-state index in [1.807, 2.05) is 0 Å². The summed E-state index contributed by atoms with van der Waals surface area (Å²) in [5, 5.41) is 9.67. The summed E-state index contributed by atoms with van der Waals surface area (Å²) < 4.78 is 5.97. The molecule has 0 aromatic heterocycles. The van der Waals surface area contributed by atoms with Gasteiger partial charge in [0, 0.05) is 11.1 Å². The number of nitriles is 1. The quantitative estimate of drug-likeness (QED) is 0.792. The molecule has 0 bridgehead atoms. The molecule has 2 nitrogen and oxygen atoms in total. The van der Waals surface area contributed by atoms with Crippen LogP contribution in [-0.4, -0.2) is 6.10 Å². The zero-order chi connectivity index (χ0) is 13.1. The number of rotatable bonds is 2. The van der Waals surface area contributed by atoms with Gasteiger partial charge in [0.25, 0.3) is 0 Å². The van der Waals surface area contributed by atoms with Crippen molar-refractivity contribution in [3.05, 3.63) is 28.8 Å². The molecule has 1 aromatic rings. The third-order valence-electron chi connectivity index (χ3n) is 3.91. The van der Waals surface area contributed by atoms with Gasteiger partial charge in [-0.25, -0.2) is 0 Å². The summed E-state index contributed by atoms with van der Waals surface area (Å²) in [5.74, 6) is 2.06. The Hall–Kier alpha value is -1.20. The van der Waals surface area contributed by atoms with Gasteiger partial charge in [0.05, 0.1) is 11.7 Å². The van der Waals surface area contributed by atoms with Crippen molar-refractivity contribution in [2.45, 2.75) is 39.2 Å². The monoisotopic (exact) mass is 263 g/mol. The van der Waals surface area contributed by atoms with Gasteiger partial charge in [-0.05, 0) is 43.2 Å². The van der Waals surface area contributed by atoms with Crippen molar-refractivity contribution < 1.29 is 4.74 Å². The van der Waals surface area contributed by atoms with E-state index in [1.54, 1.807) is 18.2 Å². The molecule has 0 radical (unpaired) electrons. The number of hydrogen-bond donors (Lipinski definition) is 0. The van der Waals surface area contributed by atoms with Crippen LogP contribution in [0.4, 0.5) is 0 Å². The minimum Gasteiger partial charge on any atom is -0.489 e. The largest absolute Gasteiger partial charge is 0.489 e. The molecule has 18 heavy (non-hydrogen) atoms. The number of benzene rings is 1. The molecule has 3 heteroatoms. The van der Waals surface area contributed by atoms with E-state index in [9.17, 15) is 0 Å². The van der Waals surface area contributed by atoms with Crippen LogP contribution in [0.15, 0.2) is 18.2 Å². The molecule has 0 heterocycles. The predicted octanol–water partition coefficient (Wildman–Crippen LogP) is 4.42. The molecule has 3 unspecified atom stereocenters. The molecular formula is C15H18ClNO. The van der Waals surface area contributed by atoms with Gasteiger partial charge in [0.1, 0.15) is 11.8 Å². The van der Waals surface area contributed by atoms with Crippen LogP contribution < -0.4 is 4.74 Å². The van der Waals surface area contributed by atoms with E-state index in [4.69, 9.17) is 21.6 Å². The molecule has 96 valence electrons. The highest BCUT2D eigenvalue weighted by Gasteiger charge is 2.26. The maximum absolute atomic E-state index is 9.06. The molecule has 1 saturated carbocycles. The van der Waals surface area contributed by atoms with Crippen molar-refractivity contribution in [2.75, 3.05) is 0 Å². The highest BCUT2D eigenvalue weighted by atomic mass is 35.5. The van der Waals surface area contributed by atoms with Crippen molar-refractivity contribution in [1.29, 1.82) is 5.26 Å². The lowest BCUT2D eigenvalue weighted by molar-refractivity contribution is 0.100. The van der Waals surface area contributed by atoms with E-state index in [0.717, 1.165) is 18.8 Å². The maximum atomic E-state index is 9.06. The van der Waals surface area contributed by atoms with Crippen molar-refractivity contribution in [2.24, 2.45) is 11.8 Å². The Morgan fingerprint density at radius 3 is 2.72 bits per heavy atom. The lowest BCUT2D eigenvalue weighted by Crippen LogP contribution is -2.28. The first-order chi connectivity index (χ1) is 8.60. The highest BCUT2D eigenvalue weighted by molar-refractivity contribution is 6.30. The molecule has 1 aliphatic carbocycles. The Morgan fingerprint density at radius 1 is 1.28 bits per heavy atom. The van der Waals surface area contributed by atoms with Crippen molar-refractivity contribution in [1.82, 2.24) is 0 Å². The van der Waals surface area contributed by atoms with Gasteiger partial charge in [0.15, 0.2) is 0 Å². The summed E-state index contributed by atoms with van der Waals surface area (Å²) in [5.41, 5.74) is 0.561. The van der Waals surface area contributed by atoms with Crippen LogP contribution in [0.5, 0.6) is 5.75 Å². The van der Waals surface area contributed by atoms with Crippen LogP contribution in [0.2, 0.25) is 5.02 Å². The molecule has 1 fully saturated rings. The molecular weight excluding hydrogens is 246 g/mol. The topological polar surface area (TPSA) is 33.0 Å². The van der Waals surface area contributed by atoms with Gasteiger partial charge < -0.3 is 4.74 Å². The van der Waals surface area contributed by atoms with Crippen molar-refractivity contribution in [3.8, 4) is 11.8 Å². The van der Waals surface area contributed by atoms with Gasteiger partial charge in [0.2, 0.25) is 0 Å². The van der Waals surface area contributed by atoms with Crippen LogP contribution in [-0.2, 0) is 0 Å². The minimum atomic E-state index is 0.210. The van der Waals surface area contributed by atoms with Gasteiger partial charge in [-0.15, -0.1) is 0 Å². The predicted molar refractivity (Wildman–Crippen MR) is 72.8 cm³/mol. The average molecular weight is 264 g/mol. The summed E-state index contributed by atoms with van der Waals surface area (Å²) in [4.78, 5) is 0. The Bertz CT molecular complexity index is 466. The van der Waals surface area contributed by atoms with E-state index >= 15 is 0 Å². The molecule has 0 aliphatic heterocycles. The fraction of sp³-hybridized carbons (Fsp3) is 0.533. The molecule has 1 aliphatic rings. The third-order valence-corrected chi connectivity index (χ3v) is 4.14. The second-order valence-electron chi connectivity index (χ2n) is 5.26. The van der Waals surface area contributed by atoms with E-state index < -0.39 is 0 Å². The first-order valence-electron chi connectivity index (χ1n) is 6.46. The third kappa shape index (κ3) is 2.97. The molecule has 3 atom stereocenters. The van der Waals surface area contributed by atoms with E-state index in [-0.39, 0.29) is 6.10 Å². The molecule has 0 saturated heterocycles. The fourth-order valence-electron chi connectivity index (χ4n) is 2.47. The van der Waals surface area contributed by atoms with Crippen LogP contribution in [0.3, 0.4) is 0 Å². The normalized spacial score (nSPS) is 27.6. The summed E-state index contributed by atoms with van der Waals surface area (Å²) in [7, 11) is 0. The first-order valence-corrected chi connectivity index (χ1v) is 6.84. The van der Waals surface area contributed by atoms with Gasteiger partial charge in [-0.2, -0.15) is 5.26 Å². The Kier molecular flexibility index (Phi) is 4.14. The second-order valence-corrected chi connectivity index (χ2v) is 5.70. The van der Waals surface area contributed by atoms with Gasteiger partial charge in [-0.1, -0.05) is 25.4 Å². The van der Waals surface area contributed by atoms with E-state index in [0.29, 0.717) is 22.3 Å². The average Bonchev–Trinajstić information content (AvgIpc) is 2.34. The standard InChI is InChI=1S/C15H18ClNO/c1-10-3-6-14(7-11(10)2)18-15-8-13(16)5-4-12(15)9-17/h4-5,8,10-11,14H,3,6-7H2,1-2H3. The number of nitrogens with zero attached hydrogens (tertiary/aromatic N) is 1. The summed E-state index contributed by atoms with van der Waals surface area (Å²) in [6, 6.07) is 7.32. The SMILES string of the molecule is CC1CCC(Oc2cc(Cl)ccc2C#N)CC1C. The van der Waals surface area contributed by atoms with Crippen LogP contribution in [0.1, 0.15) is 38.7 Å². The van der Waals surface area contributed by atoms with Crippen LogP contribution in [0.25, 0.3) is 0 Å². The van der Waals surface area contributed by atoms with Gasteiger partial charge >= 0.3 is 0 Å². The maximum Gasteiger partial charge on any atom is 0.138 e. The molecule has 0 amide bonds. The minimum absolute atomic E-state index is 0.210. The smallest absolute Gasteiger partial charge is 0.138 e. The summed E-state index contributed by atoms with van der Waals surface area (Å²) in [6.45, 7) is 4.56. The summed E-state index contributed by atoms with van der Waals surface area (Å²) >= 11 is 5.95. The molecule has 2 rings (SSSR count). The molecule has 1 aromatic carbocycles. The Labute approximate surface area is 114 Å². The lowest BCUT2D eigenvalue weighted by Gasteiger charge is -2.32. The highest BCUT2D eigenvalue weighted by Crippen LogP contribution is 2.33. The lowest BCUT2D eigenvalue weighted by atomic mass is 9.80. The van der Waals surface area contributed by atoms with Crippen molar-refractivity contribution in [3.63, 3.8) is 0 Å². The van der Waals surface area contributed by atoms with Crippen LogP contribution >= 0.6 is 11.6 Å². The molecule has 0 N–H and O–H groups in total. The number of ether oxygens (including phenoxy) is 1. The van der Waals surface area contributed by atoms with E-state index in [1.165, 1.54) is 6.42 Å². The van der Waals surface area contributed by atoms with E-state index in [2.05, 4.69) is 19.9 Å². The van der Waals surface area contributed by atoms with Gasteiger partial charge in [-0.3, -0.25) is 0 Å². The zero-order valence-electron chi connectivity index (χ0n) is 10.8. The first kappa shape index (κ1) is 13.2. The van der Waals surface area contributed by atoms with Crippen molar-refractivity contribution >= 4 is 11.6 Å². The Morgan fingerprint density at radius 2 is 2.06 bits per heavy atom. The second kappa shape index (κ2) is 5.63. The molecule has 0 spiro atoms. The Balaban J connectivity index is 2.10. The summed E-state index contributed by atoms with van der Waals surface area (Å²) in [6.07, 6.45) is 3.51. The fourth-order valence-corrected chi connectivity index (χ4v) is 2.63.